The van der Waals surface area contributed by atoms with Crippen molar-refractivity contribution >= 4 is 32.7 Å². The number of carbonyl (C=O) groups excluding carboxylic acids is 1. The van der Waals surface area contributed by atoms with Gasteiger partial charge < -0.3 is 15.4 Å². The highest BCUT2D eigenvalue weighted by Gasteiger charge is 2.34. The maximum absolute atomic E-state index is 12.1. The molecule has 1 aliphatic carbocycles. The number of fused-ring (bicyclic) bond motifs is 1. The van der Waals surface area contributed by atoms with E-state index in [4.69, 9.17) is 0 Å². The molecule has 1 heterocycles. The monoisotopic (exact) mass is 322 g/mol. The fraction of sp³-hybridized carbons (Fsp3) is 0.357. The highest BCUT2D eigenvalue weighted by molar-refractivity contribution is 9.10. The predicted molar refractivity (Wildman–Crippen MR) is 77.1 cm³/mol. The molecule has 0 radical (unpaired) electrons. The van der Waals surface area contributed by atoms with Gasteiger partial charge in [0.25, 0.3) is 5.91 Å². The molecule has 0 spiro atoms. The molecule has 3 rings (SSSR count). The van der Waals surface area contributed by atoms with Gasteiger partial charge in [0.05, 0.1) is 10.1 Å². The second kappa shape index (κ2) is 4.65. The van der Waals surface area contributed by atoms with Crippen molar-refractivity contribution in [1.82, 2.24) is 10.3 Å². The van der Waals surface area contributed by atoms with Crippen LogP contribution in [0.4, 0.5) is 0 Å². The van der Waals surface area contributed by atoms with E-state index in [1.807, 2.05) is 24.3 Å². The van der Waals surface area contributed by atoms with Crippen LogP contribution in [0.1, 0.15) is 29.8 Å². The molecule has 1 aromatic heterocycles. The van der Waals surface area contributed by atoms with Gasteiger partial charge in [-0.3, -0.25) is 4.79 Å². The third kappa shape index (κ3) is 2.28. The average molecular weight is 323 g/mol. The minimum absolute atomic E-state index is 0.191. The molecule has 5 heteroatoms. The van der Waals surface area contributed by atoms with Crippen LogP contribution in [0.25, 0.3) is 10.9 Å². The third-order valence-electron chi connectivity index (χ3n) is 3.73. The van der Waals surface area contributed by atoms with Gasteiger partial charge in [0.2, 0.25) is 0 Å². The van der Waals surface area contributed by atoms with Crippen molar-refractivity contribution in [3.63, 3.8) is 0 Å². The number of carbonyl (C=O) groups is 1. The van der Waals surface area contributed by atoms with Crippen LogP contribution in [-0.4, -0.2) is 28.1 Å². The largest absolute Gasteiger partial charge is 0.388 e. The van der Waals surface area contributed by atoms with Crippen LogP contribution < -0.4 is 5.32 Å². The van der Waals surface area contributed by atoms with Crippen molar-refractivity contribution in [2.24, 2.45) is 0 Å². The van der Waals surface area contributed by atoms with Crippen LogP contribution in [0, 0.1) is 0 Å². The van der Waals surface area contributed by atoms with E-state index < -0.39 is 5.60 Å². The summed E-state index contributed by atoms with van der Waals surface area (Å²) < 4.78 is 0.765. The Labute approximate surface area is 119 Å². The summed E-state index contributed by atoms with van der Waals surface area (Å²) in [6.07, 6.45) is 2.56. The fourth-order valence-corrected chi connectivity index (χ4v) is 2.98. The number of aliphatic hydroxyl groups is 1. The zero-order chi connectivity index (χ0) is 13.5. The van der Waals surface area contributed by atoms with E-state index in [1.165, 1.54) is 0 Å². The zero-order valence-corrected chi connectivity index (χ0v) is 12.0. The Morgan fingerprint density at radius 2 is 2.16 bits per heavy atom. The summed E-state index contributed by atoms with van der Waals surface area (Å²) in [5, 5.41) is 13.8. The van der Waals surface area contributed by atoms with Gasteiger partial charge in [-0.15, -0.1) is 0 Å². The van der Waals surface area contributed by atoms with Gasteiger partial charge >= 0.3 is 0 Å². The Hall–Kier alpha value is -1.33. The van der Waals surface area contributed by atoms with E-state index in [1.54, 1.807) is 0 Å². The molecule has 0 aliphatic heterocycles. The number of aromatic amines is 1. The number of para-hydroxylation sites is 1. The first kappa shape index (κ1) is 12.7. The Morgan fingerprint density at radius 1 is 1.42 bits per heavy atom. The topological polar surface area (TPSA) is 65.1 Å². The molecular formula is C14H15BrN2O2. The maximum atomic E-state index is 12.1. The van der Waals surface area contributed by atoms with E-state index in [0.717, 1.165) is 34.6 Å². The van der Waals surface area contributed by atoms with Crippen LogP contribution >= 0.6 is 15.9 Å². The normalized spacial score (nSPS) is 17.2. The van der Waals surface area contributed by atoms with Gasteiger partial charge in [-0.25, -0.2) is 0 Å². The minimum Gasteiger partial charge on any atom is -0.388 e. The molecular weight excluding hydrogens is 308 g/mol. The Bertz CT molecular complexity index is 631. The number of rotatable bonds is 3. The molecule has 1 fully saturated rings. The van der Waals surface area contributed by atoms with Crippen LogP contribution in [0.5, 0.6) is 0 Å². The van der Waals surface area contributed by atoms with Crippen molar-refractivity contribution in [3.05, 3.63) is 34.4 Å². The van der Waals surface area contributed by atoms with E-state index in [-0.39, 0.29) is 5.91 Å². The molecule has 100 valence electrons. The lowest BCUT2D eigenvalue weighted by molar-refractivity contribution is -0.0300. The lowest BCUT2D eigenvalue weighted by Crippen LogP contribution is -2.47. The maximum Gasteiger partial charge on any atom is 0.269 e. The summed E-state index contributed by atoms with van der Waals surface area (Å²) in [5.41, 5.74) is 0.722. The van der Waals surface area contributed by atoms with Crippen LogP contribution in [-0.2, 0) is 0 Å². The molecule has 1 aromatic carbocycles. The number of amides is 1. The third-order valence-corrected chi connectivity index (χ3v) is 4.56. The molecule has 1 amide bonds. The summed E-state index contributed by atoms with van der Waals surface area (Å²) in [4.78, 5) is 15.2. The van der Waals surface area contributed by atoms with E-state index >= 15 is 0 Å². The van der Waals surface area contributed by atoms with Crippen LogP contribution in [0.3, 0.4) is 0 Å². The molecule has 0 atom stereocenters. The number of halogens is 1. The van der Waals surface area contributed by atoms with E-state index in [9.17, 15) is 9.90 Å². The SMILES string of the molecule is O=C(NCC1(O)CCC1)c1[nH]c2ccccc2c1Br. The molecule has 4 nitrogen and oxygen atoms in total. The van der Waals surface area contributed by atoms with Gasteiger partial charge in [-0.05, 0) is 41.3 Å². The second-order valence-electron chi connectivity index (χ2n) is 5.12. The highest BCUT2D eigenvalue weighted by atomic mass is 79.9. The molecule has 0 unspecified atom stereocenters. The van der Waals surface area contributed by atoms with Gasteiger partial charge in [-0.1, -0.05) is 18.2 Å². The van der Waals surface area contributed by atoms with Gasteiger partial charge in [0.1, 0.15) is 5.69 Å². The quantitative estimate of drug-likeness (QED) is 0.813. The number of benzene rings is 1. The summed E-state index contributed by atoms with van der Waals surface area (Å²) in [6.45, 7) is 0.313. The minimum atomic E-state index is -0.700. The zero-order valence-electron chi connectivity index (χ0n) is 10.4. The smallest absolute Gasteiger partial charge is 0.269 e. The van der Waals surface area contributed by atoms with Crippen LogP contribution in [0.2, 0.25) is 0 Å². The molecule has 0 saturated heterocycles. The molecule has 19 heavy (non-hydrogen) atoms. The summed E-state index contributed by atoms with van der Waals surface area (Å²) in [7, 11) is 0. The Balaban J connectivity index is 1.79. The molecule has 2 aromatic rings. The van der Waals surface area contributed by atoms with E-state index in [0.29, 0.717) is 12.2 Å². The highest BCUT2D eigenvalue weighted by Crippen LogP contribution is 2.31. The molecule has 1 aliphatic rings. The van der Waals surface area contributed by atoms with Gasteiger partial charge in [-0.2, -0.15) is 0 Å². The molecule has 0 bridgehead atoms. The van der Waals surface area contributed by atoms with Crippen molar-refractivity contribution in [1.29, 1.82) is 0 Å². The van der Waals surface area contributed by atoms with Crippen molar-refractivity contribution in [2.75, 3.05) is 6.54 Å². The van der Waals surface area contributed by atoms with Crippen LogP contribution in [0.15, 0.2) is 28.7 Å². The number of nitrogens with one attached hydrogen (secondary N) is 2. The second-order valence-corrected chi connectivity index (χ2v) is 5.91. The number of H-pyrrole nitrogens is 1. The van der Waals surface area contributed by atoms with Crippen molar-refractivity contribution in [3.8, 4) is 0 Å². The first-order chi connectivity index (χ1) is 9.09. The average Bonchev–Trinajstić information content (AvgIpc) is 2.72. The summed E-state index contributed by atoms with van der Waals surface area (Å²) >= 11 is 3.45. The first-order valence-electron chi connectivity index (χ1n) is 6.36. The van der Waals surface area contributed by atoms with Gasteiger partial charge in [0, 0.05) is 17.4 Å². The lowest BCUT2D eigenvalue weighted by Gasteiger charge is -2.36. The predicted octanol–water partition coefficient (Wildman–Crippen LogP) is 2.58. The van der Waals surface area contributed by atoms with Gasteiger partial charge in [0.15, 0.2) is 0 Å². The number of hydrogen-bond acceptors (Lipinski definition) is 2. The summed E-state index contributed by atoms with van der Waals surface area (Å²) in [6, 6.07) is 7.73. The lowest BCUT2D eigenvalue weighted by atomic mass is 9.80. The Kier molecular flexibility index (Phi) is 3.11. The van der Waals surface area contributed by atoms with Crippen molar-refractivity contribution in [2.45, 2.75) is 24.9 Å². The summed E-state index contributed by atoms with van der Waals surface area (Å²) in [5.74, 6) is -0.191. The number of hydrogen-bond donors (Lipinski definition) is 3. The standard InChI is InChI=1S/C14H15BrN2O2/c15-11-9-4-1-2-5-10(9)17-12(11)13(18)16-8-14(19)6-3-7-14/h1-2,4-5,17,19H,3,6-8H2,(H,16,18). The molecule has 3 N–H and O–H groups in total. The number of aromatic nitrogens is 1. The van der Waals surface area contributed by atoms with Crippen molar-refractivity contribution < 1.29 is 9.90 Å². The van der Waals surface area contributed by atoms with E-state index in [2.05, 4.69) is 26.2 Å². The Morgan fingerprint density at radius 3 is 2.79 bits per heavy atom. The molecule has 1 saturated carbocycles. The fourth-order valence-electron chi connectivity index (χ4n) is 2.36. The first-order valence-corrected chi connectivity index (χ1v) is 7.15.